The van der Waals surface area contributed by atoms with Gasteiger partial charge in [-0.05, 0) is 85.1 Å². The van der Waals surface area contributed by atoms with Crippen molar-refractivity contribution < 1.29 is 4.79 Å². The van der Waals surface area contributed by atoms with Gasteiger partial charge in [0.2, 0.25) is 0 Å². The minimum atomic E-state index is -0.0865. The highest BCUT2D eigenvalue weighted by atomic mass is 32.2. The molecule has 4 aromatic heterocycles. The maximum atomic E-state index is 13.7. The zero-order valence-corrected chi connectivity index (χ0v) is 23.9. The first-order valence-electron chi connectivity index (χ1n) is 13.0. The van der Waals surface area contributed by atoms with Crippen LogP contribution >= 0.6 is 45.8 Å². The molecule has 2 unspecified atom stereocenters. The number of thioether (sulfide) groups is 1. The van der Waals surface area contributed by atoms with E-state index in [0.717, 1.165) is 54.5 Å². The summed E-state index contributed by atoms with van der Waals surface area (Å²) >= 11 is 6.34. The van der Waals surface area contributed by atoms with Crippen LogP contribution in [0.4, 0.5) is 0 Å². The van der Waals surface area contributed by atoms with E-state index >= 15 is 0 Å². The van der Waals surface area contributed by atoms with Gasteiger partial charge in [-0.1, -0.05) is 23.9 Å². The van der Waals surface area contributed by atoms with Crippen LogP contribution in [0, 0.1) is 5.92 Å². The summed E-state index contributed by atoms with van der Waals surface area (Å²) in [4.78, 5) is 38.8. The van der Waals surface area contributed by atoms with Gasteiger partial charge in [0, 0.05) is 20.5 Å². The zero-order chi connectivity index (χ0) is 25.6. The minimum absolute atomic E-state index is 0.0565. The fourth-order valence-corrected chi connectivity index (χ4v) is 9.49. The van der Waals surface area contributed by atoms with Gasteiger partial charge in [-0.25, -0.2) is 9.99 Å². The number of nitrogens with zero attached hydrogens (tertiary/aromatic N) is 3. The number of fused-ring (bicyclic) bond motifs is 4. The maximum absolute atomic E-state index is 13.7. The number of aryl methyl sites for hydroxylation is 2. The highest BCUT2D eigenvalue weighted by Crippen LogP contribution is 2.46. The van der Waals surface area contributed by atoms with E-state index in [0.29, 0.717) is 5.16 Å². The molecule has 7 rings (SSSR count). The molecule has 38 heavy (non-hydrogen) atoms. The average Bonchev–Trinajstić information content (AvgIpc) is 3.72. The first-order valence-corrected chi connectivity index (χ1v) is 16.6. The fraction of sp³-hybridized carbons (Fsp3) is 0.357. The zero-order valence-electron chi connectivity index (χ0n) is 20.6. The number of rotatable bonds is 5. The molecule has 1 fully saturated rings. The summed E-state index contributed by atoms with van der Waals surface area (Å²) in [5.74, 6) is 0.322. The molecular weight excluding hydrogens is 553 g/mol. The second-order valence-electron chi connectivity index (χ2n) is 9.92. The van der Waals surface area contributed by atoms with Gasteiger partial charge in [0.05, 0.1) is 22.9 Å². The van der Waals surface area contributed by atoms with Crippen LogP contribution < -0.4 is 5.56 Å². The molecule has 5 heterocycles. The second-order valence-corrected chi connectivity index (χ2v) is 13.9. The molecule has 1 saturated carbocycles. The van der Waals surface area contributed by atoms with Crippen LogP contribution in [0.2, 0.25) is 0 Å². The van der Waals surface area contributed by atoms with Crippen LogP contribution in [-0.4, -0.2) is 32.3 Å². The van der Waals surface area contributed by atoms with Gasteiger partial charge in [0.25, 0.3) is 11.5 Å². The summed E-state index contributed by atoms with van der Waals surface area (Å²) in [5, 5.41) is 12.1. The molecule has 1 amide bonds. The van der Waals surface area contributed by atoms with Crippen LogP contribution in [0.25, 0.3) is 16.3 Å². The standard InChI is InChI=1S/C28H26N4O2S4/c33-22(15-37-28-29-26(34)23-18-8-1-2-10-20(18)38-27(23)30-28)32-25(21-11-5-13-36-21)19-9-3-6-16(24(19)31-32)14-17-7-4-12-35-17/h4-5,7,11-14,19,25H,1-3,6,8-10,15H2,(H,29,30,34). The molecule has 1 aliphatic heterocycles. The Morgan fingerprint density at radius 3 is 2.84 bits per heavy atom. The van der Waals surface area contributed by atoms with Crippen molar-refractivity contribution >= 4 is 73.7 Å². The molecule has 6 nitrogen and oxygen atoms in total. The topological polar surface area (TPSA) is 78.4 Å². The Morgan fingerprint density at radius 1 is 1.13 bits per heavy atom. The number of allylic oxidation sites excluding steroid dienone is 1. The Morgan fingerprint density at radius 2 is 2.00 bits per heavy atom. The molecule has 0 aromatic carbocycles. The fourth-order valence-electron chi connectivity index (χ4n) is 5.90. The summed E-state index contributed by atoms with van der Waals surface area (Å²) in [5.41, 5.74) is 3.39. The average molecular weight is 579 g/mol. The number of hydrogen-bond acceptors (Lipinski definition) is 8. The van der Waals surface area contributed by atoms with Crippen LogP contribution in [0.1, 0.15) is 58.3 Å². The lowest BCUT2D eigenvalue weighted by Gasteiger charge is -2.28. The van der Waals surface area contributed by atoms with E-state index < -0.39 is 0 Å². The molecule has 10 heteroatoms. The van der Waals surface area contributed by atoms with Gasteiger partial charge in [-0.15, -0.1) is 34.0 Å². The van der Waals surface area contributed by atoms with Crippen molar-refractivity contribution in [3.63, 3.8) is 0 Å². The van der Waals surface area contributed by atoms with E-state index in [1.54, 1.807) is 39.0 Å². The number of aromatic nitrogens is 2. The number of hydrazone groups is 1. The Bertz CT molecular complexity index is 1610. The van der Waals surface area contributed by atoms with Gasteiger partial charge in [-0.3, -0.25) is 9.59 Å². The van der Waals surface area contributed by atoms with Crippen molar-refractivity contribution in [3.05, 3.63) is 71.1 Å². The van der Waals surface area contributed by atoms with Crippen molar-refractivity contribution in [1.82, 2.24) is 15.0 Å². The van der Waals surface area contributed by atoms with E-state index in [2.05, 4.69) is 40.0 Å². The van der Waals surface area contributed by atoms with Gasteiger partial charge in [0.15, 0.2) is 5.16 Å². The predicted octanol–water partition coefficient (Wildman–Crippen LogP) is 6.90. The molecule has 0 spiro atoms. The number of hydrogen-bond donors (Lipinski definition) is 1. The lowest BCUT2D eigenvalue weighted by Crippen LogP contribution is -2.32. The number of amides is 1. The van der Waals surface area contributed by atoms with E-state index in [-0.39, 0.29) is 29.2 Å². The first-order chi connectivity index (χ1) is 18.7. The third kappa shape index (κ3) is 4.41. The van der Waals surface area contributed by atoms with Crippen LogP contribution in [0.3, 0.4) is 0 Å². The lowest BCUT2D eigenvalue weighted by atomic mass is 9.79. The summed E-state index contributed by atoms with van der Waals surface area (Å²) < 4.78 is 0. The van der Waals surface area contributed by atoms with Crippen LogP contribution in [0.15, 0.2) is 55.7 Å². The number of carbonyl (C=O) groups excluding carboxylic acids is 1. The van der Waals surface area contributed by atoms with Crippen molar-refractivity contribution in [1.29, 1.82) is 0 Å². The Labute approximate surface area is 236 Å². The lowest BCUT2D eigenvalue weighted by molar-refractivity contribution is -0.130. The normalized spacial score (nSPS) is 22.1. The van der Waals surface area contributed by atoms with Crippen molar-refractivity contribution in [2.45, 2.75) is 56.1 Å². The van der Waals surface area contributed by atoms with Gasteiger partial charge >= 0.3 is 0 Å². The third-order valence-corrected chi connectivity index (χ3v) is 11.4. The first kappa shape index (κ1) is 24.5. The van der Waals surface area contributed by atoms with E-state index in [4.69, 9.17) is 10.1 Å². The molecule has 194 valence electrons. The second kappa shape index (κ2) is 10.2. The third-order valence-electron chi connectivity index (χ3n) is 7.59. The summed E-state index contributed by atoms with van der Waals surface area (Å²) in [6.07, 6.45) is 9.62. The van der Waals surface area contributed by atoms with E-state index in [9.17, 15) is 9.59 Å². The molecule has 0 bridgehead atoms. The molecule has 4 aromatic rings. The Hall–Kier alpha value is -2.53. The largest absolute Gasteiger partial charge is 0.301 e. The quantitative estimate of drug-likeness (QED) is 0.206. The molecular formula is C28H26N4O2S4. The maximum Gasteiger partial charge on any atom is 0.260 e. The Balaban J connectivity index is 1.16. The molecule has 0 saturated heterocycles. The number of H-pyrrole nitrogens is 1. The number of thiophene rings is 3. The van der Waals surface area contributed by atoms with Gasteiger partial charge in [-0.2, -0.15) is 5.10 Å². The summed E-state index contributed by atoms with van der Waals surface area (Å²) in [7, 11) is 0. The van der Waals surface area contributed by atoms with Gasteiger partial charge in [0.1, 0.15) is 4.83 Å². The van der Waals surface area contributed by atoms with Gasteiger partial charge < -0.3 is 4.98 Å². The summed E-state index contributed by atoms with van der Waals surface area (Å²) in [6, 6.07) is 8.27. The van der Waals surface area contributed by atoms with E-state index in [1.807, 2.05) is 6.07 Å². The molecule has 3 aliphatic rings. The number of aromatic amines is 1. The molecule has 1 N–H and O–H groups in total. The molecule has 0 radical (unpaired) electrons. The van der Waals surface area contributed by atoms with Crippen LogP contribution in [-0.2, 0) is 17.6 Å². The van der Waals surface area contributed by atoms with Crippen molar-refractivity contribution in [2.75, 3.05) is 5.75 Å². The summed E-state index contributed by atoms with van der Waals surface area (Å²) in [6.45, 7) is 0. The van der Waals surface area contributed by atoms with E-state index in [1.165, 1.54) is 44.0 Å². The monoisotopic (exact) mass is 578 g/mol. The van der Waals surface area contributed by atoms with Crippen LogP contribution in [0.5, 0.6) is 0 Å². The SMILES string of the molecule is O=C(CSc1nc2sc3c(c2c(=O)[nH]1)CCCC3)N1N=C2C(=Cc3cccs3)CCCC2C1c1cccs1. The number of carbonyl (C=O) groups is 1. The molecule has 2 aliphatic carbocycles. The smallest absolute Gasteiger partial charge is 0.260 e. The Kier molecular flexibility index (Phi) is 6.59. The van der Waals surface area contributed by atoms with Crippen molar-refractivity contribution in [3.8, 4) is 0 Å². The van der Waals surface area contributed by atoms with Crippen molar-refractivity contribution in [2.24, 2.45) is 11.0 Å². The highest BCUT2D eigenvalue weighted by Gasteiger charge is 2.44. The predicted molar refractivity (Wildman–Crippen MR) is 159 cm³/mol. The minimum Gasteiger partial charge on any atom is -0.301 e. The highest BCUT2D eigenvalue weighted by molar-refractivity contribution is 7.99. The number of nitrogens with one attached hydrogen (secondary N) is 1. The molecule has 2 atom stereocenters.